The quantitative estimate of drug-likeness (QED) is 0.212. The van der Waals surface area contributed by atoms with Crippen LogP contribution in [0.3, 0.4) is 0 Å². The molecule has 2 amide bonds. The van der Waals surface area contributed by atoms with Gasteiger partial charge in [0, 0.05) is 63.1 Å². The number of alkyl halides is 3. The normalized spacial score (nSPS) is 13.5. The minimum Gasteiger partial charge on any atom is -0.467 e. The first-order valence-corrected chi connectivity index (χ1v) is 14.2. The molecule has 1 aliphatic heterocycles. The lowest BCUT2D eigenvalue weighted by Crippen LogP contribution is -2.48. The van der Waals surface area contributed by atoms with Gasteiger partial charge < -0.3 is 25.6 Å². The van der Waals surface area contributed by atoms with Crippen molar-refractivity contribution in [2.45, 2.75) is 19.6 Å². The summed E-state index contributed by atoms with van der Waals surface area (Å²) in [6, 6.07) is 4.98. The molecule has 1 aromatic carbocycles. The summed E-state index contributed by atoms with van der Waals surface area (Å²) in [6.07, 6.45) is 2.78. The highest BCUT2D eigenvalue weighted by Gasteiger charge is 2.36. The predicted molar refractivity (Wildman–Crippen MR) is 165 cm³/mol. The third kappa shape index (κ3) is 8.12. The lowest BCUT2D eigenvalue weighted by Gasteiger charge is -2.34. The van der Waals surface area contributed by atoms with Crippen molar-refractivity contribution in [2.24, 2.45) is 0 Å². The first-order chi connectivity index (χ1) is 22.5. The summed E-state index contributed by atoms with van der Waals surface area (Å²) in [5.41, 5.74) is 0.861. The van der Waals surface area contributed by atoms with Crippen LogP contribution in [-0.4, -0.2) is 84.8 Å². The van der Waals surface area contributed by atoms with Crippen molar-refractivity contribution < 1.29 is 27.5 Å². The summed E-state index contributed by atoms with van der Waals surface area (Å²) in [7, 11) is 1.38. The van der Waals surface area contributed by atoms with Crippen molar-refractivity contribution in [2.75, 3.05) is 49.2 Å². The Morgan fingerprint density at radius 2 is 1.77 bits per heavy atom. The number of anilines is 5. The monoisotopic (exact) mass is 649 g/mol. The molecule has 47 heavy (non-hydrogen) atoms. The highest BCUT2D eigenvalue weighted by atomic mass is 19.4. The molecule has 5 rings (SSSR count). The number of ether oxygens (including phenoxy) is 1. The molecule has 1 saturated heterocycles. The van der Waals surface area contributed by atoms with Crippen molar-refractivity contribution in [1.29, 1.82) is 0 Å². The number of amides is 2. The van der Waals surface area contributed by atoms with E-state index >= 15 is 0 Å². The van der Waals surface area contributed by atoms with E-state index in [1.807, 2.05) is 0 Å². The Hall–Kier alpha value is -5.71. The van der Waals surface area contributed by atoms with E-state index < -0.39 is 23.5 Å². The van der Waals surface area contributed by atoms with Crippen LogP contribution in [0, 0.1) is 6.92 Å². The van der Waals surface area contributed by atoms with Gasteiger partial charge in [-0.05, 0) is 30.7 Å². The van der Waals surface area contributed by atoms with Gasteiger partial charge >= 0.3 is 12.2 Å². The second kappa shape index (κ2) is 14.2. The molecule has 3 aromatic heterocycles. The molecular weight excluding hydrogens is 619 g/mol. The third-order valence-electron chi connectivity index (χ3n) is 7.08. The van der Waals surface area contributed by atoms with Crippen LogP contribution in [0.15, 0.2) is 61.8 Å². The second-order valence-corrected chi connectivity index (χ2v) is 10.3. The molecule has 1 fully saturated rings. The maximum absolute atomic E-state index is 14.0. The Morgan fingerprint density at radius 3 is 2.45 bits per heavy atom. The number of carbonyl (C=O) groups excluding carboxylic acids is 2. The van der Waals surface area contributed by atoms with Crippen molar-refractivity contribution >= 4 is 40.8 Å². The van der Waals surface area contributed by atoms with E-state index in [0.29, 0.717) is 44.5 Å². The molecule has 244 valence electrons. The van der Waals surface area contributed by atoms with Gasteiger partial charge in [0.2, 0.25) is 11.9 Å². The van der Waals surface area contributed by atoms with E-state index in [2.05, 4.69) is 57.3 Å². The molecule has 3 N–H and O–H groups in total. The van der Waals surface area contributed by atoms with Crippen LogP contribution in [-0.2, 0) is 17.5 Å². The highest BCUT2D eigenvalue weighted by molar-refractivity contribution is 6.01. The standard InChI is InChI=1S/C30H30F3N11O3/c1-4-24(45)38-22-13-19(17-43-9-11-44(12-10-43)27(46)23-16-34-7-8-35-23)5-6-21(22)39-26-20(30(31,32)33)15-36-28(41-26)40-25-18(2)14-37-29(42-25)47-3/h4-8,13-16H,1,9-12,17H2,2-3H3,(H,38,45)(H2,36,37,39,40,41,42). The van der Waals surface area contributed by atoms with E-state index in [1.54, 1.807) is 30.0 Å². The average Bonchev–Trinajstić information content (AvgIpc) is 3.07. The fraction of sp³-hybridized carbons (Fsp3) is 0.267. The molecule has 4 heterocycles. The summed E-state index contributed by atoms with van der Waals surface area (Å²) in [6.45, 7) is 7.72. The number of aryl methyl sites for hydroxylation is 1. The van der Waals surface area contributed by atoms with Gasteiger partial charge in [-0.1, -0.05) is 12.6 Å². The second-order valence-electron chi connectivity index (χ2n) is 10.3. The minimum atomic E-state index is -4.80. The van der Waals surface area contributed by atoms with Gasteiger partial charge in [0.25, 0.3) is 5.91 Å². The van der Waals surface area contributed by atoms with Crippen LogP contribution in [0.4, 0.5) is 42.1 Å². The molecule has 4 aromatic rings. The Morgan fingerprint density at radius 1 is 0.979 bits per heavy atom. The maximum atomic E-state index is 14.0. The topological polar surface area (TPSA) is 163 Å². The summed E-state index contributed by atoms with van der Waals surface area (Å²) in [5, 5.41) is 8.18. The number of hydrogen-bond acceptors (Lipinski definition) is 12. The summed E-state index contributed by atoms with van der Waals surface area (Å²) in [5.74, 6) is -1.25. The van der Waals surface area contributed by atoms with E-state index in [4.69, 9.17) is 4.74 Å². The Kier molecular flexibility index (Phi) is 9.84. The van der Waals surface area contributed by atoms with Gasteiger partial charge in [0.1, 0.15) is 22.9 Å². The number of methoxy groups -OCH3 is 1. The van der Waals surface area contributed by atoms with Crippen LogP contribution in [0.1, 0.15) is 27.2 Å². The lowest BCUT2D eigenvalue weighted by molar-refractivity contribution is -0.137. The number of benzene rings is 1. The molecule has 0 radical (unpaired) electrons. The van der Waals surface area contributed by atoms with Gasteiger partial charge in [0.05, 0.1) is 24.7 Å². The fourth-order valence-electron chi connectivity index (χ4n) is 4.65. The Bertz CT molecular complexity index is 1770. The average molecular weight is 650 g/mol. The molecular formula is C30H30F3N11O3. The first kappa shape index (κ1) is 32.7. The minimum absolute atomic E-state index is 0.0449. The van der Waals surface area contributed by atoms with E-state index in [1.165, 1.54) is 31.9 Å². The van der Waals surface area contributed by atoms with Crippen molar-refractivity contribution in [1.82, 2.24) is 39.7 Å². The van der Waals surface area contributed by atoms with E-state index in [9.17, 15) is 22.8 Å². The predicted octanol–water partition coefficient (Wildman–Crippen LogP) is 3.96. The van der Waals surface area contributed by atoms with Crippen molar-refractivity contribution in [3.63, 3.8) is 0 Å². The first-order valence-electron chi connectivity index (χ1n) is 14.2. The zero-order chi connectivity index (χ0) is 33.6. The van der Waals surface area contributed by atoms with Crippen LogP contribution in [0.5, 0.6) is 6.01 Å². The molecule has 17 heteroatoms. The maximum Gasteiger partial charge on any atom is 0.421 e. The van der Waals surface area contributed by atoms with E-state index in [0.717, 1.165) is 11.6 Å². The van der Waals surface area contributed by atoms with Gasteiger partial charge in [0.15, 0.2) is 0 Å². The number of hydrogen-bond donors (Lipinski definition) is 3. The summed E-state index contributed by atoms with van der Waals surface area (Å²) < 4.78 is 47.1. The number of aromatic nitrogens is 6. The van der Waals surface area contributed by atoms with E-state index in [-0.39, 0.29) is 40.8 Å². The number of rotatable bonds is 10. The number of nitrogens with one attached hydrogen (secondary N) is 3. The molecule has 0 bridgehead atoms. The van der Waals surface area contributed by atoms with Crippen LogP contribution < -0.4 is 20.7 Å². The highest BCUT2D eigenvalue weighted by Crippen LogP contribution is 2.37. The van der Waals surface area contributed by atoms with Gasteiger partial charge in [-0.3, -0.25) is 19.5 Å². The number of nitrogens with zero attached hydrogens (tertiary/aromatic N) is 8. The third-order valence-corrected chi connectivity index (χ3v) is 7.08. The van der Waals surface area contributed by atoms with Crippen LogP contribution in [0.2, 0.25) is 0 Å². The number of piperazine rings is 1. The number of carbonyl (C=O) groups is 2. The van der Waals surface area contributed by atoms with Crippen LogP contribution >= 0.6 is 0 Å². The van der Waals surface area contributed by atoms with Crippen molar-refractivity contribution in [3.8, 4) is 6.01 Å². The summed E-state index contributed by atoms with van der Waals surface area (Å²) in [4.78, 5) is 53.0. The molecule has 0 unspecified atom stereocenters. The number of halogens is 3. The fourth-order valence-corrected chi connectivity index (χ4v) is 4.65. The molecule has 0 atom stereocenters. The molecule has 0 spiro atoms. The SMILES string of the molecule is C=CC(=O)Nc1cc(CN2CCN(C(=O)c3cnccn3)CC2)ccc1Nc1nc(Nc2nc(OC)ncc2C)ncc1C(F)(F)F. The Labute approximate surface area is 267 Å². The smallest absolute Gasteiger partial charge is 0.421 e. The largest absolute Gasteiger partial charge is 0.467 e. The molecule has 14 nitrogen and oxygen atoms in total. The summed E-state index contributed by atoms with van der Waals surface area (Å²) >= 11 is 0. The molecule has 0 aliphatic carbocycles. The molecule has 0 saturated carbocycles. The zero-order valence-corrected chi connectivity index (χ0v) is 25.4. The van der Waals surface area contributed by atoms with Gasteiger partial charge in [-0.2, -0.15) is 23.1 Å². The van der Waals surface area contributed by atoms with Crippen molar-refractivity contribution in [3.05, 3.63) is 84.2 Å². The van der Waals surface area contributed by atoms with Gasteiger partial charge in [-0.15, -0.1) is 0 Å². The van der Waals surface area contributed by atoms with Gasteiger partial charge in [-0.25, -0.2) is 15.0 Å². The zero-order valence-electron chi connectivity index (χ0n) is 25.4. The molecule has 1 aliphatic rings. The van der Waals surface area contributed by atoms with Crippen LogP contribution in [0.25, 0.3) is 0 Å². The Balaban J connectivity index is 1.36. The lowest BCUT2D eigenvalue weighted by atomic mass is 10.1.